The number of esters is 1. The number of fused-ring (bicyclic) bond motifs is 1. The van der Waals surface area contributed by atoms with Crippen LogP contribution in [0.15, 0.2) is 54.3 Å². The van der Waals surface area contributed by atoms with Crippen molar-refractivity contribution in [1.82, 2.24) is 0 Å². The molecule has 1 fully saturated rings. The zero-order valence-electron chi connectivity index (χ0n) is 17.0. The number of hydrogen-bond acceptors (Lipinski definition) is 10. The maximum atomic E-state index is 12.6. The van der Waals surface area contributed by atoms with Gasteiger partial charge in [-0.05, 0) is 23.8 Å². The number of ether oxygens (including phenoxy) is 4. The normalized spacial score (nSPS) is 38.5. The minimum atomic E-state index is -1.62. The average molecular weight is 450 g/mol. The Kier molecular flexibility index (Phi) is 6.91. The molecule has 4 rings (SSSR count). The van der Waals surface area contributed by atoms with Crippen LogP contribution in [0.4, 0.5) is 0 Å². The van der Waals surface area contributed by atoms with Crippen LogP contribution in [0.25, 0.3) is 0 Å². The van der Waals surface area contributed by atoms with Gasteiger partial charge in [0.15, 0.2) is 6.10 Å². The standard InChI is InChI=1S/C22H26O10/c23-9-12-8-14(25)13-6-7-29-21(16(12)13)32-22-19(18(27)17(26)15(10-24)30-22)31-20(28)11-4-2-1-3-5-11/h1-8,13-19,21-27H,9-10H2. The van der Waals surface area contributed by atoms with Crippen LogP contribution in [0.3, 0.4) is 0 Å². The van der Waals surface area contributed by atoms with Gasteiger partial charge in [0.05, 0.1) is 37.1 Å². The van der Waals surface area contributed by atoms with Gasteiger partial charge in [-0.1, -0.05) is 24.3 Å². The molecule has 0 bridgehead atoms. The summed E-state index contributed by atoms with van der Waals surface area (Å²) in [5.74, 6) is -1.73. The summed E-state index contributed by atoms with van der Waals surface area (Å²) in [6, 6.07) is 8.07. The molecule has 1 saturated heterocycles. The highest BCUT2D eigenvalue weighted by atomic mass is 16.8. The predicted octanol–water partition coefficient (Wildman–Crippen LogP) is -0.937. The summed E-state index contributed by atoms with van der Waals surface area (Å²) in [5, 5.41) is 50.4. The Hall–Kier alpha value is -2.31. The van der Waals surface area contributed by atoms with E-state index in [1.807, 2.05) is 0 Å². The summed E-state index contributed by atoms with van der Waals surface area (Å²) in [7, 11) is 0. The molecule has 32 heavy (non-hydrogen) atoms. The summed E-state index contributed by atoms with van der Waals surface area (Å²) >= 11 is 0. The Balaban J connectivity index is 1.56. The molecule has 0 aromatic heterocycles. The molecule has 0 amide bonds. The molecule has 2 heterocycles. The number of benzene rings is 1. The number of aliphatic hydroxyl groups is 5. The van der Waals surface area contributed by atoms with Crippen LogP contribution in [-0.2, 0) is 18.9 Å². The Morgan fingerprint density at radius 1 is 1.03 bits per heavy atom. The summed E-state index contributed by atoms with van der Waals surface area (Å²) in [5.41, 5.74) is 0.725. The zero-order chi connectivity index (χ0) is 22.8. The molecular weight excluding hydrogens is 424 g/mol. The Labute approximate surface area is 183 Å². The molecule has 9 atom stereocenters. The molecule has 1 aromatic rings. The fourth-order valence-electron chi connectivity index (χ4n) is 4.25. The van der Waals surface area contributed by atoms with Gasteiger partial charge < -0.3 is 44.5 Å². The number of hydrogen-bond donors (Lipinski definition) is 5. The smallest absolute Gasteiger partial charge is 0.338 e. The van der Waals surface area contributed by atoms with Crippen LogP contribution in [0.2, 0.25) is 0 Å². The molecule has 5 N–H and O–H groups in total. The lowest BCUT2D eigenvalue weighted by Crippen LogP contribution is -2.61. The van der Waals surface area contributed by atoms with E-state index in [0.29, 0.717) is 5.57 Å². The predicted molar refractivity (Wildman–Crippen MR) is 107 cm³/mol. The Morgan fingerprint density at radius 2 is 1.78 bits per heavy atom. The number of aliphatic hydroxyl groups excluding tert-OH is 5. The van der Waals surface area contributed by atoms with Crippen molar-refractivity contribution in [3.8, 4) is 0 Å². The monoisotopic (exact) mass is 450 g/mol. The third-order valence-electron chi connectivity index (χ3n) is 5.96. The summed E-state index contributed by atoms with van der Waals surface area (Å²) in [6.07, 6.45) is -4.56. The average Bonchev–Trinajstić information content (AvgIpc) is 3.15. The lowest BCUT2D eigenvalue weighted by molar-refractivity contribution is -0.338. The van der Waals surface area contributed by atoms with Crippen molar-refractivity contribution in [3.63, 3.8) is 0 Å². The number of rotatable bonds is 6. The highest BCUT2D eigenvalue weighted by molar-refractivity contribution is 5.89. The van der Waals surface area contributed by atoms with Crippen LogP contribution < -0.4 is 0 Å². The molecule has 0 spiro atoms. The van der Waals surface area contributed by atoms with E-state index in [1.165, 1.54) is 24.5 Å². The van der Waals surface area contributed by atoms with Crippen molar-refractivity contribution in [1.29, 1.82) is 0 Å². The fourth-order valence-corrected chi connectivity index (χ4v) is 4.25. The first kappa shape index (κ1) is 22.9. The van der Waals surface area contributed by atoms with E-state index in [2.05, 4.69) is 0 Å². The number of carbonyl (C=O) groups excluding carboxylic acids is 1. The summed E-state index contributed by atoms with van der Waals surface area (Å²) in [6.45, 7) is -0.941. The van der Waals surface area contributed by atoms with Crippen molar-refractivity contribution in [2.45, 2.75) is 43.1 Å². The van der Waals surface area contributed by atoms with Gasteiger partial charge in [-0.25, -0.2) is 4.79 Å². The van der Waals surface area contributed by atoms with E-state index in [4.69, 9.17) is 18.9 Å². The molecule has 10 heteroatoms. The maximum absolute atomic E-state index is 12.6. The van der Waals surface area contributed by atoms with Gasteiger partial charge in [-0.3, -0.25) is 0 Å². The van der Waals surface area contributed by atoms with Crippen molar-refractivity contribution in [2.24, 2.45) is 11.8 Å². The van der Waals surface area contributed by atoms with E-state index in [0.717, 1.165) is 0 Å². The van der Waals surface area contributed by atoms with E-state index >= 15 is 0 Å². The number of carbonyl (C=O) groups is 1. The van der Waals surface area contributed by atoms with Gasteiger partial charge >= 0.3 is 5.97 Å². The topological polar surface area (TPSA) is 155 Å². The van der Waals surface area contributed by atoms with E-state index in [1.54, 1.807) is 24.3 Å². The first-order valence-corrected chi connectivity index (χ1v) is 10.3. The molecule has 3 aliphatic rings. The third-order valence-corrected chi connectivity index (χ3v) is 5.96. The highest BCUT2D eigenvalue weighted by Gasteiger charge is 2.51. The van der Waals surface area contributed by atoms with E-state index in [9.17, 15) is 30.3 Å². The van der Waals surface area contributed by atoms with Crippen LogP contribution in [0.1, 0.15) is 10.4 Å². The highest BCUT2D eigenvalue weighted by Crippen LogP contribution is 2.41. The summed E-state index contributed by atoms with van der Waals surface area (Å²) in [4.78, 5) is 12.6. The van der Waals surface area contributed by atoms with Gasteiger partial charge in [0.2, 0.25) is 12.6 Å². The van der Waals surface area contributed by atoms with Crippen molar-refractivity contribution >= 4 is 5.97 Å². The van der Waals surface area contributed by atoms with Gasteiger partial charge in [-0.15, -0.1) is 0 Å². The van der Waals surface area contributed by atoms with Crippen LogP contribution in [-0.4, -0.2) is 87.8 Å². The molecule has 0 radical (unpaired) electrons. The SMILES string of the molecule is O=C(OC1C(OC2OC=CC3C(O)C=C(CO)C23)OC(CO)C(O)C1O)c1ccccc1. The van der Waals surface area contributed by atoms with Gasteiger partial charge in [-0.2, -0.15) is 0 Å². The van der Waals surface area contributed by atoms with Crippen LogP contribution >= 0.6 is 0 Å². The lowest BCUT2D eigenvalue weighted by atomic mass is 9.88. The van der Waals surface area contributed by atoms with E-state index < -0.39 is 67.5 Å². The largest absolute Gasteiger partial charge is 0.472 e. The van der Waals surface area contributed by atoms with Crippen molar-refractivity contribution in [2.75, 3.05) is 13.2 Å². The first-order valence-electron chi connectivity index (χ1n) is 10.3. The molecule has 2 aliphatic heterocycles. The second kappa shape index (κ2) is 9.67. The third kappa shape index (κ3) is 4.30. The molecule has 1 aliphatic carbocycles. The second-order valence-electron chi connectivity index (χ2n) is 7.91. The Bertz CT molecular complexity index is 856. The minimum absolute atomic E-state index is 0.221. The fraction of sp³-hybridized carbons (Fsp3) is 0.500. The molecule has 174 valence electrons. The molecular formula is C22H26O10. The second-order valence-corrected chi connectivity index (χ2v) is 7.91. The van der Waals surface area contributed by atoms with Gasteiger partial charge in [0.25, 0.3) is 0 Å². The Morgan fingerprint density at radius 3 is 2.47 bits per heavy atom. The van der Waals surface area contributed by atoms with Crippen LogP contribution in [0.5, 0.6) is 0 Å². The van der Waals surface area contributed by atoms with Crippen LogP contribution in [0, 0.1) is 11.8 Å². The van der Waals surface area contributed by atoms with Crippen molar-refractivity contribution in [3.05, 3.63) is 59.9 Å². The quantitative estimate of drug-likeness (QED) is 0.271. The minimum Gasteiger partial charge on any atom is -0.472 e. The van der Waals surface area contributed by atoms with Gasteiger partial charge in [0, 0.05) is 5.92 Å². The molecule has 10 nitrogen and oxygen atoms in total. The zero-order valence-corrected chi connectivity index (χ0v) is 17.0. The van der Waals surface area contributed by atoms with Crippen molar-refractivity contribution < 1.29 is 49.3 Å². The molecule has 0 saturated carbocycles. The lowest BCUT2D eigenvalue weighted by Gasteiger charge is -2.43. The van der Waals surface area contributed by atoms with Gasteiger partial charge in [0.1, 0.15) is 18.3 Å². The molecule has 9 unspecified atom stereocenters. The maximum Gasteiger partial charge on any atom is 0.338 e. The van der Waals surface area contributed by atoms with E-state index in [-0.39, 0.29) is 12.2 Å². The summed E-state index contributed by atoms with van der Waals surface area (Å²) < 4.78 is 22.5. The molecule has 1 aromatic carbocycles. The first-order chi connectivity index (χ1) is 15.4.